The Morgan fingerprint density at radius 3 is 2.76 bits per heavy atom. The summed E-state index contributed by atoms with van der Waals surface area (Å²) in [4.78, 5) is 19.9. The number of amides is 1. The Hall–Kier alpha value is -2.08. The number of rotatable bonds is 3. The first-order chi connectivity index (χ1) is 12.1. The van der Waals surface area contributed by atoms with Crippen LogP contribution in [0, 0.1) is 17.8 Å². The summed E-state index contributed by atoms with van der Waals surface area (Å²) in [7, 11) is 1.64. The van der Waals surface area contributed by atoms with Gasteiger partial charge in [0, 0.05) is 30.9 Å². The topological polar surface area (TPSA) is 90.0 Å². The van der Waals surface area contributed by atoms with Gasteiger partial charge in [-0.15, -0.1) is 0 Å². The molecule has 4 unspecified atom stereocenters. The molecule has 6 rings (SSSR count). The van der Waals surface area contributed by atoms with E-state index in [9.17, 15) is 9.90 Å². The largest absolute Gasteiger partial charge is 0.390 e. The fourth-order valence-electron chi connectivity index (χ4n) is 5.85. The van der Waals surface area contributed by atoms with E-state index in [1.54, 1.807) is 13.2 Å². The van der Waals surface area contributed by atoms with E-state index in [4.69, 9.17) is 0 Å². The highest BCUT2D eigenvalue weighted by Gasteiger charge is 2.54. The number of carbonyl (C=O) groups is 1. The van der Waals surface area contributed by atoms with Crippen LogP contribution in [-0.4, -0.2) is 39.7 Å². The molecule has 1 amide bonds. The molecule has 4 N–H and O–H groups in total. The first-order valence-electron chi connectivity index (χ1n) is 9.23. The molecule has 5 atom stereocenters. The van der Waals surface area contributed by atoms with E-state index >= 15 is 0 Å². The van der Waals surface area contributed by atoms with E-state index in [2.05, 4.69) is 20.6 Å². The van der Waals surface area contributed by atoms with Gasteiger partial charge in [-0.3, -0.25) is 4.79 Å². The fraction of sp³-hybridized carbons (Fsp3) is 0.579. The Kier molecular flexibility index (Phi) is 3.17. The van der Waals surface area contributed by atoms with Gasteiger partial charge >= 0.3 is 0 Å². The molecular weight excluding hydrogens is 316 g/mol. The van der Waals surface area contributed by atoms with Gasteiger partial charge in [0.05, 0.1) is 16.9 Å². The van der Waals surface area contributed by atoms with E-state index < -0.39 is 5.60 Å². The molecule has 6 nitrogen and oxygen atoms in total. The summed E-state index contributed by atoms with van der Waals surface area (Å²) >= 11 is 0. The lowest BCUT2D eigenvalue weighted by molar-refractivity contribution is -0.129. The van der Waals surface area contributed by atoms with Crippen LogP contribution in [0.15, 0.2) is 18.5 Å². The highest BCUT2D eigenvalue weighted by atomic mass is 16.3. The molecule has 0 radical (unpaired) electrons. The number of nitrogens with one attached hydrogen (secondary N) is 3. The van der Waals surface area contributed by atoms with Crippen LogP contribution in [0.2, 0.25) is 0 Å². The quantitative estimate of drug-likeness (QED) is 0.690. The van der Waals surface area contributed by atoms with E-state index in [1.165, 1.54) is 12.8 Å². The summed E-state index contributed by atoms with van der Waals surface area (Å²) in [6, 6.07) is 2.29. The summed E-state index contributed by atoms with van der Waals surface area (Å²) in [5, 5.41) is 18.2. The zero-order valence-corrected chi connectivity index (χ0v) is 14.4. The van der Waals surface area contributed by atoms with Gasteiger partial charge in [0.2, 0.25) is 0 Å². The van der Waals surface area contributed by atoms with Gasteiger partial charge < -0.3 is 20.7 Å². The van der Waals surface area contributed by atoms with Crippen molar-refractivity contribution in [3.8, 4) is 0 Å². The lowest BCUT2D eigenvalue weighted by Crippen LogP contribution is -2.59. The third-order valence-corrected chi connectivity index (χ3v) is 6.61. The van der Waals surface area contributed by atoms with Crippen LogP contribution < -0.4 is 10.6 Å². The third kappa shape index (κ3) is 2.27. The zero-order chi connectivity index (χ0) is 17.2. The molecule has 4 bridgehead atoms. The Balaban J connectivity index is 1.54. The van der Waals surface area contributed by atoms with Crippen molar-refractivity contribution >= 4 is 22.6 Å². The summed E-state index contributed by atoms with van der Waals surface area (Å²) in [5.41, 5.74) is 1.80. The van der Waals surface area contributed by atoms with Gasteiger partial charge in [-0.05, 0) is 55.9 Å². The highest BCUT2D eigenvalue weighted by Crippen LogP contribution is 2.56. The SMILES string of the molecule is CNC(=O)c1cnc2[nH]ccc2c1NC1C2CC3C[C@@H]1CC(O)(C3)C2. The Bertz CT molecular complexity index is 829. The van der Waals surface area contributed by atoms with Gasteiger partial charge in [-0.2, -0.15) is 0 Å². The molecule has 4 saturated carbocycles. The predicted molar refractivity (Wildman–Crippen MR) is 95.4 cm³/mol. The molecule has 0 saturated heterocycles. The zero-order valence-electron chi connectivity index (χ0n) is 14.4. The number of pyridine rings is 1. The van der Waals surface area contributed by atoms with Gasteiger partial charge in [0.1, 0.15) is 5.65 Å². The van der Waals surface area contributed by atoms with Crippen LogP contribution >= 0.6 is 0 Å². The molecular formula is C19H24N4O2. The number of aliphatic hydroxyl groups is 1. The maximum atomic E-state index is 12.4. The molecule has 4 fully saturated rings. The number of aromatic amines is 1. The highest BCUT2D eigenvalue weighted by molar-refractivity contribution is 6.06. The maximum absolute atomic E-state index is 12.4. The van der Waals surface area contributed by atoms with Crippen LogP contribution in [0.4, 0.5) is 5.69 Å². The molecule has 4 aliphatic carbocycles. The Morgan fingerprint density at radius 2 is 2.08 bits per heavy atom. The molecule has 0 spiro atoms. The minimum atomic E-state index is -0.444. The number of aromatic nitrogens is 2. The van der Waals surface area contributed by atoms with E-state index in [0.717, 1.165) is 36.0 Å². The Labute approximate surface area is 146 Å². The first kappa shape index (κ1) is 15.2. The maximum Gasteiger partial charge on any atom is 0.254 e. The Morgan fingerprint density at radius 1 is 1.32 bits per heavy atom. The van der Waals surface area contributed by atoms with Crippen molar-refractivity contribution in [3.63, 3.8) is 0 Å². The minimum Gasteiger partial charge on any atom is -0.390 e. The summed E-state index contributed by atoms with van der Waals surface area (Å²) in [5.74, 6) is 1.51. The van der Waals surface area contributed by atoms with Crippen LogP contribution in [0.5, 0.6) is 0 Å². The van der Waals surface area contributed by atoms with Crippen molar-refractivity contribution in [2.24, 2.45) is 17.8 Å². The van der Waals surface area contributed by atoms with Crippen molar-refractivity contribution in [3.05, 3.63) is 24.0 Å². The second kappa shape index (κ2) is 5.21. The monoisotopic (exact) mass is 340 g/mol. The van der Waals surface area contributed by atoms with Gasteiger partial charge in [0.15, 0.2) is 0 Å². The smallest absolute Gasteiger partial charge is 0.254 e. The van der Waals surface area contributed by atoms with Crippen molar-refractivity contribution in [1.29, 1.82) is 0 Å². The summed E-state index contributed by atoms with van der Waals surface area (Å²) in [6.07, 6.45) is 8.62. The molecule has 0 aromatic carbocycles. The van der Waals surface area contributed by atoms with Crippen molar-refractivity contribution in [2.75, 3.05) is 12.4 Å². The molecule has 2 heterocycles. The molecule has 4 aliphatic rings. The van der Waals surface area contributed by atoms with Gasteiger partial charge in [-0.1, -0.05) is 0 Å². The standard InChI is InChI=1S/C19H24N4O2/c1-20-18(24)14-9-22-17-13(2-3-21-17)16(14)23-15-11-4-10-5-12(15)8-19(25,6-10)7-11/h2-3,9-12,15,25H,4-8H2,1H3,(H,20,24)(H2,21,22,23)/t10?,11-,12?,15?,19?/m1/s1. The number of anilines is 1. The molecule has 2 aromatic rings. The number of carbonyl (C=O) groups excluding carboxylic acids is 1. The fourth-order valence-corrected chi connectivity index (χ4v) is 5.85. The van der Waals surface area contributed by atoms with Gasteiger partial charge in [0.25, 0.3) is 5.91 Å². The van der Waals surface area contributed by atoms with E-state index in [1.807, 2.05) is 12.3 Å². The van der Waals surface area contributed by atoms with Crippen molar-refractivity contribution < 1.29 is 9.90 Å². The second-order valence-corrected chi connectivity index (χ2v) is 8.23. The molecule has 25 heavy (non-hydrogen) atoms. The summed E-state index contributed by atoms with van der Waals surface area (Å²) < 4.78 is 0. The second-order valence-electron chi connectivity index (χ2n) is 8.23. The van der Waals surface area contributed by atoms with Crippen LogP contribution in [0.1, 0.15) is 42.5 Å². The molecule has 132 valence electrons. The number of hydrogen-bond acceptors (Lipinski definition) is 4. The molecule has 6 heteroatoms. The molecule has 0 aliphatic heterocycles. The van der Waals surface area contributed by atoms with E-state index in [-0.39, 0.29) is 5.91 Å². The number of H-pyrrole nitrogens is 1. The third-order valence-electron chi connectivity index (χ3n) is 6.61. The lowest BCUT2D eigenvalue weighted by Gasteiger charge is -2.58. The predicted octanol–water partition coefficient (Wildman–Crippen LogP) is 2.27. The van der Waals surface area contributed by atoms with Crippen LogP contribution in [0.3, 0.4) is 0 Å². The number of nitrogens with zero attached hydrogens (tertiary/aromatic N) is 1. The van der Waals surface area contributed by atoms with Crippen LogP contribution in [0.25, 0.3) is 11.0 Å². The van der Waals surface area contributed by atoms with Gasteiger partial charge in [-0.25, -0.2) is 4.98 Å². The normalized spacial score (nSPS) is 35.9. The average molecular weight is 340 g/mol. The van der Waals surface area contributed by atoms with E-state index in [0.29, 0.717) is 29.4 Å². The first-order valence-corrected chi connectivity index (χ1v) is 9.23. The molecule has 2 aromatic heterocycles. The average Bonchev–Trinajstić information content (AvgIpc) is 3.04. The lowest BCUT2D eigenvalue weighted by atomic mass is 9.52. The number of fused-ring (bicyclic) bond motifs is 1. The summed E-state index contributed by atoms with van der Waals surface area (Å²) in [6.45, 7) is 0. The van der Waals surface area contributed by atoms with Crippen LogP contribution in [-0.2, 0) is 0 Å². The number of hydrogen-bond donors (Lipinski definition) is 4. The van der Waals surface area contributed by atoms with Crippen molar-refractivity contribution in [1.82, 2.24) is 15.3 Å². The minimum absolute atomic E-state index is 0.124. The van der Waals surface area contributed by atoms with Crippen molar-refractivity contribution in [2.45, 2.75) is 43.7 Å².